The fourth-order valence-corrected chi connectivity index (χ4v) is 2.41. The van der Waals surface area contributed by atoms with E-state index in [1.54, 1.807) is 4.90 Å². The minimum Gasteiger partial charge on any atom is -0.846 e. The van der Waals surface area contributed by atoms with Crippen molar-refractivity contribution < 1.29 is 66.0 Å². The maximum absolute atomic E-state index is 12.8. The Hall–Kier alpha value is 0.0864. The van der Waals surface area contributed by atoms with Gasteiger partial charge >= 0.3 is 57.5 Å². The number of amides is 1. The summed E-state index contributed by atoms with van der Waals surface area (Å²) in [5, 5.41) is 12.8. The number of ether oxygens (including phenoxy) is 1. The van der Waals surface area contributed by atoms with Gasteiger partial charge in [-0.15, -0.1) is 0 Å². The van der Waals surface area contributed by atoms with Crippen LogP contribution in [0.5, 0.6) is 0 Å². The Morgan fingerprint density at radius 1 is 1.19 bits per heavy atom. The molecular weight excluding hydrogens is 293 g/mol. The molecule has 1 amide bonds. The largest absolute Gasteiger partial charge is 1.00 e. The van der Waals surface area contributed by atoms with Crippen molar-refractivity contribution in [3.63, 3.8) is 0 Å². The van der Waals surface area contributed by atoms with Crippen molar-refractivity contribution in [1.29, 1.82) is 0 Å². The van der Waals surface area contributed by atoms with E-state index >= 15 is 0 Å². The number of rotatable bonds is 1. The molecule has 0 spiro atoms. The van der Waals surface area contributed by atoms with Crippen LogP contribution in [0.4, 0.5) is 4.79 Å². The molecule has 0 N–H and O–H groups in total. The summed E-state index contributed by atoms with van der Waals surface area (Å²) in [6.07, 6.45) is 0.527. The van der Waals surface area contributed by atoms with Gasteiger partial charge in [0.05, 0.1) is 0 Å². The van der Waals surface area contributed by atoms with Gasteiger partial charge in [-0.3, -0.25) is 0 Å². The van der Waals surface area contributed by atoms with Crippen LogP contribution in [0.2, 0.25) is 0 Å². The van der Waals surface area contributed by atoms with Crippen molar-refractivity contribution in [1.82, 2.24) is 4.90 Å². The van der Waals surface area contributed by atoms with Crippen LogP contribution in [0.3, 0.4) is 0 Å². The first-order valence-corrected chi connectivity index (χ1v) is 7.04. The fourth-order valence-electron chi connectivity index (χ4n) is 2.41. The molecule has 1 fully saturated rings. The third-order valence-electron chi connectivity index (χ3n) is 3.52. The second-order valence-corrected chi connectivity index (χ2v) is 6.33. The molecule has 0 aromatic heterocycles. The van der Waals surface area contributed by atoms with Crippen LogP contribution >= 0.6 is 0 Å². The first-order chi connectivity index (χ1) is 9.30. The molecule has 0 aliphatic carbocycles. The van der Waals surface area contributed by atoms with Gasteiger partial charge in [-0.2, -0.15) is 0 Å². The zero-order valence-corrected chi connectivity index (χ0v) is 16.5. The molecule has 110 valence electrons. The van der Waals surface area contributed by atoms with Gasteiger partial charge in [-0.1, -0.05) is 41.5 Å². The smallest absolute Gasteiger partial charge is 0.846 e. The summed E-state index contributed by atoms with van der Waals surface area (Å²) in [4.78, 5) is 13.6. The van der Waals surface area contributed by atoms with Crippen LogP contribution in [-0.2, 0) is 10.3 Å². The molecule has 1 heterocycles. The van der Waals surface area contributed by atoms with E-state index in [1.807, 2.05) is 51.1 Å². The van der Waals surface area contributed by atoms with Crippen molar-refractivity contribution in [3.05, 3.63) is 35.9 Å². The molecule has 0 atom stereocenters. The molecule has 21 heavy (non-hydrogen) atoms. The van der Waals surface area contributed by atoms with Crippen LogP contribution in [-0.4, -0.2) is 29.7 Å². The molecule has 1 aromatic carbocycles. The molecule has 5 heteroatoms. The van der Waals surface area contributed by atoms with E-state index in [0.29, 0.717) is 25.9 Å². The van der Waals surface area contributed by atoms with Gasteiger partial charge < -0.3 is 14.7 Å². The van der Waals surface area contributed by atoms with Crippen LogP contribution in [0.25, 0.3) is 0 Å². The third-order valence-corrected chi connectivity index (χ3v) is 3.52. The predicted molar refractivity (Wildman–Crippen MR) is 75.2 cm³/mol. The molecule has 0 unspecified atom stereocenters. The average molecular weight is 315 g/mol. The number of hydrogen-bond donors (Lipinski definition) is 0. The summed E-state index contributed by atoms with van der Waals surface area (Å²) in [6, 6.07) is 9.42. The molecule has 0 radical (unpaired) electrons. The first-order valence-electron chi connectivity index (χ1n) is 7.04. The summed E-state index contributed by atoms with van der Waals surface area (Å²) in [6.45, 7) is 6.44. The maximum atomic E-state index is 12.8. The number of piperidine rings is 1. The Balaban J connectivity index is 0.00000220. The summed E-state index contributed by atoms with van der Waals surface area (Å²) in [5.74, 6) is 0. The molecule has 0 bridgehead atoms. The van der Waals surface area contributed by atoms with Crippen LogP contribution in [0, 0.1) is 0 Å². The quantitative estimate of drug-likeness (QED) is 0.643. The van der Waals surface area contributed by atoms with Gasteiger partial charge in [0.2, 0.25) is 0 Å². The van der Waals surface area contributed by atoms with Gasteiger partial charge in [0.25, 0.3) is 0 Å². The summed E-state index contributed by atoms with van der Waals surface area (Å²) in [7, 11) is 0. The topological polar surface area (TPSA) is 52.6 Å². The van der Waals surface area contributed by atoms with Crippen molar-refractivity contribution in [3.8, 4) is 0 Å². The van der Waals surface area contributed by atoms with E-state index in [0.717, 1.165) is 5.56 Å². The second-order valence-electron chi connectivity index (χ2n) is 6.33. The maximum Gasteiger partial charge on any atom is 1.00 e. The van der Waals surface area contributed by atoms with Crippen LogP contribution < -0.4 is 56.5 Å². The van der Waals surface area contributed by atoms with E-state index in [-0.39, 0.29) is 57.5 Å². The molecule has 2 rings (SSSR count). The fraction of sp³-hybridized carbons (Fsp3) is 0.562. The average Bonchev–Trinajstić information content (AvgIpc) is 2.38. The minimum absolute atomic E-state index is 0. The van der Waals surface area contributed by atoms with E-state index in [2.05, 4.69) is 0 Å². The van der Waals surface area contributed by atoms with E-state index in [4.69, 9.17) is 4.74 Å². The zero-order valence-electron chi connectivity index (χ0n) is 13.4. The molecule has 4 nitrogen and oxygen atoms in total. The number of carbonyl (C=O) groups is 1. The molecule has 1 aliphatic heterocycles. The van der Waals surface area contributed by atoms with Gasteiger partial charge in [-0.05, 0) is 33.6 Å². The van der Waals surface area contributed by atoms with E-state index in [1.165, 1.54) is 0 Å². The Bertz CT molecular complexity index is 462. The van der Waals surface area contributed by atoms with Gasteiger partial charge in [0.15, 0.2) is 0 Å². The van der Waals surface area contributed by atoms with Gasteiger partial charge in [0, 0.05) is 13.1 Å². The predicted octanol–water partition coefficient (Wildman–Crippen LogP) is -0.723. The molecular formula is C16H22KNO3. The third kappa shape index (κ3) is 5.34. The minimum atomic E-state index is -1.08. The van der Waals surface area contributed by atoms with E-state index in [9.17, 15) is 9.90 Å². The zero-order chi connectivity index (χ0) is 14.8. The number of benzene rings is 1. The Labute approximate surface area is 169 Å². The Kier molecular flexibility index (Phi) is 6.90. The van der Waals surface area contributed by atoms with E-state index < -0.39 is 11.2 Å². The van der Waals surface area contributed by atoms with Gasteiger partial charge in [-0.25, -0.2) is 4.79 Å². The molecule has 1 aliphatic rings. The SMILES string of the molecule is CC(C)(C)OC(=O)N1CCC([O-])(c2ccccc2)CC1.[K+]. The number of nitrogens with zero attached hydrogens (tertiary/aromatic N) is 1. The van der Waals surface area contributed by atoms with Crippen molar-refractivity contribution in [2.24, 2.45) is 0 Å². The van der Waals surface area contributed by atoms with Crippen molar-refractivity contribution in [2.75, 3.05) is 13.1 Å². The van der Waals surface area contributed by atoms with Crippen molar-refractivity contribution >= 4 is 6.09 Å². The second kappa shape index (κ2) is 7.57. The van der Waals surface area contributed by atoms with Crippen LogP contribution in [0.15, 0.2) is 30.3 Å². The summed E-state index contributed by atoms with van der Waals surface area (Å²) < 4.78 is 5.34. The molecule has 1 saturated heterocycles. The van der Waals surface area contributed by atoms with Crippen LogP contribution in [0.1, 0.15) is 39.2 Å². The van der Waals surface area contributed by atoms with Gasteiger partial charge in [0.1, 0.15) is 5.60 Å². The monoisotopic (exact) mass is 315 g/mol. The van der Waals surface area contributed by atoms with Crippen molar-refractivity contribution in [2.45, 2.75) is 44.8 Å². The number of likely N-dealkylation sites (tertiary alicyclic amines) is 1. The Morgan fingerprint density at radius 3 is 2.19 bits per heavy atom. The summed E-state index contributed by atoms with van der Waals surface area (Å²) in [5.41, 5.74) is -0.772. The molecule has 1 aromatic rings. The normalized spacial score (nSPS) is 17.8. The first kappa shape index (κ1) is 19.1. The summed E-state index contributed by atoms with van der Waals surface area (Å²) >= 11 is 0. The Morgan fingerprint density at radius 2 is 1.71 bits per heavy atom. The standard InChI is InChI=1S/C16H22NO3.K/c1-15(2,3)20-14(18)17-11-9-16(19,10-12-17)13-7-5-4-6-8-13;/h4-8H,9-12H2,1-3H3;/q-1;+1. The number of hydrogen-bond acceptors (Lipinski definition) is 3. The molecule has 0 saturated carbocycles. The number of carbonyl (C=O) groups excluding carboxylic acids is 1.